The van der Waals surface area contributed by atoms with Gasteiger partial charge in [-0.05, 0) is 18.2 Å². The third-order valence-electron chi connectivity index (χ3n) is 2.28. The second kappa shape index (κ2) is 5.81. The number of halogens is 2. The van der Waals surface area contributed by atoms with E-state index in [1.165, 1.54) is 12.3 Å². The summed E-state index contributed by atoms with van der Waals surface area (Å²) in [5.41, 5.74) is -0.685. The molecule has 0 radical (unpaired) electrons. The summed E-state index contributed by atoms with van der Waals surface area (Å²) in [6.07, 6.45) is 2.34. The molecule has 0 fully saturated rings. The van der Waals surface area contributed by atoms with Crippen LogP contribution in [0.1, 0.15) is 10.4 Å². The van der Waals surface area contributed by atoms with Gasteiger partial charge in [-0.3, -0.25) is 14.9 Å². The molecule has 0 aromatic carbocycles. The lowest BCUT2D eigenvalue weighted by Gasteiger charge is -2.06. The summed E-state index contributed by atoms with van der Waals surface area (Å²) < 4.78 is 0. The Labute approximate surface area is 122 Å². The molecule has 2 aromatic rings. The van der Waals surface area contributed by atoms with Crippen LogP contribution in [0.15, 0.2) is 30.6 Å². The number of pyridine rings is 2. The maximum Gasteiger partial charge on any atom is 0.300 e. The lowest BCUT2D eigenvalue weighted by molar-refractivity contribution is -0.385. The summed E-state index contributed by atoms with van der Waals surface area (Å²) in [6.45, 7) is 0. The van der Waals surface area contributed by atoms with Crippen molar-refractivity contribution in [1.82, 2.24) is 9.97 Å². The van der Waals surface area contributed by atoms with E-state index in [9.17, 15) is 14.9 Å². The van der Waals surface area contributed by atoms with Crippen LogP contribution in [0.4, 0.5) is 11.5 Å². The molecule has 0 bridgehead atoms. The van der Waals surface area contributed by atoms with Gasteiger partial charge in [0.2, 0.25) is 0 Å². The van der Waals surface area contributed by atoms with E-state index in [0.717, 1.165) is 12.3 Å². The molecule has 0 aliphatic heterocycles. The van der Waals surface area contributed by atoms with Crippen molar-refractivity contribution in [1.29, 1.82) is 0 Å². The molecule has 20 heavy (non-hydrogen) atoms. The standard InChI is InChI=1S/C11H6Cl2N4O3/c12-7-2-1-3-14-10(7)16-11(18)6-4-9(13)15-5-8(6)17(19)20/h1-5H,(H,14,16,18). The van der Waals surface area contributed by atoms with Crippen molar-refractivity contribution in [2.45, 2.75) is 0 Å². The Kier molecular flexibility index (Phi) is 4.11. The van der Waals surface area contributed by atoms with Gasteiger partial charge in [0.25, 0.3) is 11.6 Å². The van der Waals surface area contributed by atoms with E-state index in [-0.39, 0.29) is 21.6 Å². The molecule has 9 heteroatoms. The van der Waals surface area contributed by atoms with Crippen molar-refractivity contribution in [3.63, 3.8) is 0 Å². The molecular formula is C11H6Cl2N4O3. The number of hydrogen-bond acceptors (Lipinski definition) is 5. The first kappa shape index (κ1) is 14.2. The van der Waals surface area contributed by atoms with Crippen molar-refractivity contribution in [3.8, 4) is 0 Å². The molecule has 1 amide bonds. The number of anilines is 1. The minimum Gasteiger partial charge on any atom is -0.305 e. The first-order valence-corrected chi connectivity index (χ1v) is 5.96. The van der Waals surface area contributed by atoms with E-state index in [4.69, 9.17) is 23.2 Å². The predicted octanol–water partition coefficient (Wildman–Crippen LogP) is 2.94. The first-order valence-electron chi connectivity index (χ1n) is 5.21. The van der Waals surface area contributed by atoms with Gasteiger partial charge in [-0.1, -0.05) is 23.2 Å². The Bertz CT molecular complexity index is 693. The largest absolute Gasteiger partial charge is 0.305 e. The molecule has 7 nitrogen and oxygen atoms in total. The van der Waals surface area contributed by atoms with E-state index in [1.807, 2.05) is 0 Å². The van der Waals surface area contributed by atoms with Gasteiger partial charge in [0.05, 0.1) is 9.95 Å². The van der Waals surface area contributed by atoms with Crippen molar-refractivity contribution < 1.29 is 9.72 Å². The van der Waals surface area contributed by atoms with Crippen LogP contribution in [0.25, 0.3) is 0 Å². The van der Waals surface area contributed by atoms with Crippen LogP contribution in [-0.2, 0) is 0 Å². The van der Waals surface area contributed by atoms with Gasteiger partial charge >= 0.3 is 0 Å². The van der Waals surface area contributed by atoms with Gasteiger partial charge in [0, 0.05) is 6.20 Å². The number of nitrogens with one attached hydrogen (secondary N) is 1. The number of carbonyl (C=O) groups excluding carboxylic acids is 1. The maximum absolute atomic E-state index is 12.0. The predicted molar refractivity (Wildman–Crippen MR) is 73.1 cm³/mol. The van der Waals surface area contributed by atoms with E-state index >= 15 is 0 Å². The molecular weight excluding hydrogens is 307 g/mol. The van der Waals surface area contributed by atoms with Crippen molar-refractivity contribution in [2.24, 2.45) is 0 Å². The second-order valence-electron chi connectivity index (χ2n) is 3.57. The van der Waals surface area contributed by atoms with Gasteiger partial charge in [-0.2, -0.15) is 0 Å². The zero-order chi connectivity index (χ0) is 14.7. The number of hydrogen-bond donors (Lipinski definition) is 1. The van der Waals surface area contributed by atoms with Crippen LogP contribution in [0.3, 0.4) is 0 Å². The Balaban J connectivity index is 2.37. The number of rotatable bonds is 3. The van der Waals surface area contributed by atoms with E-state index < -0.39 is 16.5 Å². The van der Waals surface area contributed by atoms with Gasteiger partial charge < -0.3 is 5.32 Å². The summed E-state index contributed by atoms with van der Waals surface area (Å²) in [5, 5.41) is 13.4. The van der Waals surface area contributed by atoms with Crippen molar-refractivity contribution in [2.75, 3.05) is 5.32 Å². The van der Waals surface area contributed by atoms with Gasteiger partial charge in [-0.15, -0.1) is 0 Å². The molecule has 0 unspecified atom stereocenters. The summed E-state index contributed by atoms with van der Waals surface area (Å²) in [5.74, 6) is -0.650. The molecule has 0 atom stereocenters. The Morgan fingerprint density at radius 3 is 2.75 bits per heavy atom. The minimum absolute atomic E-state index is 0.0344. The van der Waals surface area contributed by atoms with E-state index in [0.29, 0.717) is 0 Å². The molecule has 0 saturated carbocycles. The zero-order valence-corrected chi connectivity index (χ0v) is 11.2. The summed E-state index contributed by atoms with van der Waals surface area (Å²) in [6, 6.07) is 4.22. The van der Waals surface area contributed by atoms with Crippen LogP contribution in [0.2, 0.25) is 10.2 Å². The van der Waals surface area contributed by atoms with Crippen LogP contribution >= 0.6 is 23.2 Å². The molecule has 2 heterocycles. The lowest BCUT2D eigenvalue weighted by atomic mass is 10.2. The van der Waals surface area contributed by atoms with E-state index in [1.54, 1.807) is 6.07 Å². The summed E-state index contributed by atoms with van der Waals surface area (Å²) in [7, 11) is 0. The number of nitro groups is 1. The van der Waals surface area contributed by atoms with Crippen LogP contribution in [0.5, 0.6) is 0 Å². The van der Waals surface area contributed by atoms with Crippen molar-refractivity contribution in [3.05, 3.63) is 56.4 Å². The number of nitrogens with zero attached hydrogens (tertiary/aromatic N) is 3. The molecule has 0 aliphatic rings. The molecule has 0 aliphatic carbocycles. The normalized spacial score (nSPS) is 10.1. The van der Waals surface area contributed by atoms with Gasteiger partial charge in [-0.25, -0.2) is 9.97 Å². The fourth-order valence-corrected chi connectivity index (χ4v) is 1.73. The highest BCUT2D eigenvalue weighted by molar-refractivity contribution is 6.33. The van der Waals surface area contributed by atoms with Crippen LogP contribution < -0.4 is 5.32 Å². The number of carbonyl (C=O) groups is 1. The fraction of sp³-hybridized carbons (Fsp3) is 0. The summed E-state index contributed by atoms with van der Waals surface area (Å²) in [4.78, 5) is 29.6. The Morgan fingerprint density at radius 1 is 1.35 bits per heavy atom. The van der Waals surface area contributed by atoms with Gasteiger partial charge in [0.15, 0.2) is 5.82 Å². The highest BCUT2D eigenvalue weighted by Gasteiger charge is 2.22. The Hall–Kier alpha value is -2.25. The molecule has 0 saturated heterocycles. The number of amides is 1. The van der Waals surface area contributed by atoms with Crippen molar-refractivity contribution >= 4 is 40.6 Å². The second-order valence-corrected chi connectivity index (χ2v) is 4.36. The van der Waals surface area contributed by atoms with Gasteiger partial charge in [0.1, 0.15) is 16.9 Å². The monoisotopic (exact) mass is 312 g/mol. The topological polar surface area (TPSA) is 98.0 Å². The quantitative estimate of drug-likeness (QED) is 0.533. The SMILES string of the molecule is O=C(Nc1ncccc1Cl)c1cc(Cl)ncc1[N+](=O)[O-]. The number of aromatic nitrogens is 2. The zero-order valence-electron chi connectivity index (χ0n) is 9.71. The lowest BCUT2D eigenvalue weighted by Crippen LogP contribution is -2.15. The minimum atomic E-state index is -0.749. The van der Waals surface area contributed by atoms with E-state index in [2.05, 4.69) is 15.3 Å². The smallest absolute Gasteiger partial charge is 0.300 e. The van der Waals surface area contributed by atoms with Crippen LogP contribution in [-0.4, -0.2) is 20.8 Å². The maximum atomic E-state index is 12.0. The molecule has 2 rings (SSSR count). The third-order valence-corrected chi connectivity index (χ3v) is 2.79. The highest BCUT2D eigenvalue weighted by atomic mass is 35.5. The average Bonchev–Trinajstić information content (AvgIpc) is 2.40. The molecule has 102 valence electrons. The third kappa shape index (κ3) is 3.01. The highest BCUT2D eigenvalue weighted by Crippen LogP contribution is 2.23. The van der Waals surface area contributed by atoms with Crippen LogP contribution in [0, 0.1) is 10.1 Å². The summed E-state index contributed by atoms with van der Waals surface area (Å²) >= 11 is 11.5. The fourth-order valence-electron chi connectivity index (χ4n) is 1.40. The molecule has 0 spiro atoms. The molecule has 2 aromatic heterocycles. The molecule has 1 N–H and O–H groups in total. The Morgan fingerprint density at radius 2 is 2.10 bits per heavy atom. The average molecular weight is 313 g/mol. The first-order chi connectivity index (χ1) is 9.49.